The van der Waals surface area contributed by atoms with E-state index in [0.717, 1.165) is 6.07 Å². The van der Waals surface area contributed by atoms with E-state index < -0.39 is 18.1 Å². The summed E-state index contributed by atoms with van der Waals surface area (Å²) in [5.74, 6) is -1.59. The molecule has 0 aliphatic rings. The summed E-state index contributed by atoms with van der Waals surface area (Å²) in [6.07, 6.45) is -3.60. The van der Waals surface area contributed by atoms with E-state index in [4.69, 9.17) is 5.11 Å². The summed E-state index contributed by atoms with van der Waals surface area (Å²) in [7, 11) is 0. The summed E-state index contributed by atoms with van der Waals surface area (Å²) in [5.41, 5.74) is 0.248. The Kier molecular flexibility index (Phi) is 3.97. The molecule has 2 rings (SSSR count). The fraction of sp³-hybridized carbons (Fsp3) is 0.0769. The molecule has 0 aliphatic heterocycles. The number of ether oxygens (including phenoxy) is 1. The molecular formula is C13H9F3N2O3. The second-order valence-corrected chi connectivity index (χ2v) is 3.91. The van der Waals surface area contributed by atoms with Crippen molar-refractivity contribution in [3.8, 4) is 5.75 Å². The summed E-state index contributed by atoms with van der Waals surface area (Å²) in [6, 6.07) is 8.11. The van der Waals surface area contributed by atoms with Crippen LogP contribution in [0.2, 0.25) is 0 Å². The predicted octanol–water partition coefficient (Wildman–Crippen LogP) is 3.42. The van der Waals surface area contributed by atoms with E-state index in [-0.39, 0.29) is 11.4 Å². The highest BCUT2D eigenvalue weighted by Gasteiger charge is 2.32. The maximum atomic E-state index is 12.3. The van der Waals surface area contributed by atoms with E-state index in [1.54, 1.807) is 0 Å². The summed E-state index contributed by atoms with van der Waals surface area (Å²) in [4.78, 5) is 14.3. The highest BCUT2D eigenvalue weighted by molar-refractivity contribution is 5.85. The number of benzene rings is 1. The van der Waals surface area contributed by atoms with Gasteiger partial charge in [0, 0.05) is 0 Å². The topological polar surface area (TPSA) is 71.5 Å². The number of nitrogens with one attached hydrogen (secondary N) is 1. The van der Waals surface area contributed by atoms with E-state index in [1.165, 1.54) is 36.5 Å². The number of carboxylic acid groups (broad SMARTS) is 1. The van der Waals surface area contributed by atoms with Gasteiger partial charge in [-0.3, -0.25) is 0 Å². The second-order valence-electron chi connectivity index (χ2n) is 3.91. The van der Waals surface area contributed by atoms with Gasteiger partial charge in [0.15, 0.2) is 5.75 Å². The van der Waals surface area contributed by atoms with Crippen molar-refractivity contribution in [2.75, 3.05) is 5.32 Å². The summed E-state index contributed by atoms with van der Waals surface area (Å²) >= 11 is 0. The molecule has 5 nitrogen and oxygen atoms in total. The lowest BCUT2D eigenvalue weighted by Crippen LogP contribution is -2.17. The Labute approximate surface area is 117 Å². The highest BCUT2D eigenvalue weighted by Crippen LogP contribution is 2.31. The number of hydrogen-bond acceptors (Lipinski definition) is 4. The number of carbonyl (C=O) groups is 1. The lowest BCUT2D eigenvalue weighted by atomic mass is 10.2. The zero-order valence-corrected chi connectivity index (χ0v) is 10.4. The maximum Gasteiger partial charge on any atom is 0.573 e. The molecule has 110 valence electrons. The third kappa shape index (κ3) is 4.10. The number of rotatable bonds is 4. The number of aromatic nitrogens is 1. The Morgan fingerprint density at radius 2 is 1.90 bits per heavy atom. The lowest BCUT2D eigenvalue weighted by molar-refractivity contribution is -0.274. The molecule has 8 heteroatoms. The zero-order chi connectivity index (χ0) is 15.5. The van der Waals surface area contributed by atoms with Crippen molar-refractivity contribution in [2.45, 2.75) is 6.36 Å². The molecule has 2 N–H and O–H groups in total. The van der Waals surface area contributed by atoms with Crippen LogP contribution >= 0.6 is 0 Å². The molecule has 0 saturated carbocycles. The first-order valence-corrected chi connectivity index (χ1v) is 5.66. The van der Waals surface area contributed by atoms with Crippen LogP contribution in [0, 0.1) is 0 Å². The van der Waals surface area contributed by atoms with Gasteiger partial charge in [0.05, 0.1) is 17.6 Å². The Morgan fingerprint density at radius 1 is 1.19 bits per heavy atom. The first-order chi connectivity index (χ1) is 9.85. The van der Waals surface area contributed by atoms with Crippen LogP contribution in [0.25, 0.3) is 0 Å². The Hall–Kier alpha value is -2.77. The van der Waals surface area contributed by atoms with Crippen molar-refractivity contribution in [1.82, 2.24) is 4.98 Å². The Bertz CT molecular complexity index is 642. The average molecular weight is 298 g/mol. The Balaban J connectivity index is 2.21. The zero-order valence-electron chi connectivity index (χ0n) is 10.4. The molecule has 21 heavy (non-hydrogen) atoms. The molecule has 0 bridgehead atoms. The van der Waals surface area contributed by atoms with E-state index in [2.05, 4.69) is 15.0 Å². The van der Waals surface area contributed by atoms with Crippen molar-refractivity contribution in [3.63, 3.8) is 0 Å². The van der Waals surface area contributed by atoms with E-state index in [9.17, 15) is 18.0 Å². The average Bonchev–Trinajstić information content (AvgIpc) is 2.40. The van der Waals surface area contributed by atoms with Gasteiger partial charge in [-0.15, -0.1) is 13.2 Å². The fourth-order valence-corrected chi connectivity index (χ4v) is 1.53. The van der Waals surface area contributed by atoms with E-state index in [0.29, 0.717) is 5.69 Å². The lowest BCUT2D eigenvalue weighted by Gasteiger charge is -2.14. The van der Waals surface area contributed by atoms with Gasteiger partial charge >= 0.3 is 12.3 Å². The molecule has 0 unspecified atom stereocenters. The normalized spacial score (nSPS) is 11.0. The summed E-state index contributed by atoms with van der Waals surface area (Å²) in [6.45, 7) is 0. The monoisotopic (exact) mass is 298 g/mol. The van der Waals surface area contributed by atoms with Gasteiger partial charge in [0.1, 0.15) is 5.69 Å². The molecule has 1 aromatic carbocycles. The number of para-hydroxylation sites is 2. The van der Waals surface area contributed by atoms with Crippen LogP contribution in [0.5, 0.6) is 5.75 Å². The fourth-order valence-electron chi connectivity index (χ4n) is 1.53. The SMILES string of the molecule is O=C(O)c1ccc(Nc2ccccc2OC(F)(F)F)cn1. The molecule has 1 heterocycles. The molecule has 0 atom stereocenters. The van der Waals surface area contributed by atoms with Gasteiger partial charge in [-0.05, 0) is 24.3 Å². The molecule has 0 saturated heterocycles. The molecule has 1 aromatic heterocycles. The summed E-state index contributed by atoms with van der Waals surface area (Å²) in [5, 5.41) is 11.4. The summed E-state index contributed by atoms with van der Waals surface area (Å²) < 4.78 is 40.7. The van der Waals surface area contributed by atoms with Gasteiger partial charge < -0.3 is 15.2 Å². The standard InChI is InChI=1S/C13H9F3N2O3/c14-13(15,16)21-11-4-2-1-3-9(11)18-8-5-6-10(12(19)20)17-7-8/h1-7,18H,(H,19,20). The van der Waals surface area contributed by atoms with Crippen LogP contribution in [0.1, 0.15) is 10.5 Å². The maximum absolute atomic E-state index is 12.3. The minimum Gasteiger partial charge on any atom is -0.477 e. The largest absolute Gasteiger partial charge is 0.573 e. The highest BCUT2D eigenvalue weighted by atomic mass is 19.4. The molecule has 2 aromatic rings. The van der Waals surface area contributed by atoms with Crippen molar-refractivity contribution in [3.05, 3.63) is 48.3 Å². The minimum absolute atomic E-state index is 0.0831. The minimum atomic E-state index is -4.80. The number of alkyl halides is 3. The predicted molar refractivity (Wildman–Crippen MR) is 67.6 cm³/mol. The van der Waals surface area contributed by atoms with Crippen LogP contribution in [0.3, 0.4) is 0 Å². The van der Waals surface area contributed by atoms with Gasteiger partial charge in [-0.25, -0.2) is 9.78 Å². The van der Waals surface area contributed by atoms with Gasteiger partial charge in [0.25, 0.3) is 0 Å². The smallest absolute Gasteiger partial charge is 0.477 e. The van der Waals surface area contributed by atoms with Crippen LogP contribution < -0.4 is 10.1 Å². The third-order valence-electron chi connectivity index (χ3n) is 2.37. The number of hydrogen-bond donors (Lipinski definition) is 2. The Morgan fingerprint density at radius 3 is 2.48 bits per heavy atom. The van der Waals surface area contributed by atoms with Gasteiger partial charge in [0.2, 0.25) is 0 Å². The number of nitrogens with zero attached hydrogens (tertiary/aromatic N) is 1. The van der Waals surface area contributed by atoms with E-state index in [1.807, 2.05) is 0 Å². The van der Waals surface area contributed by atoms with Crippen LogP contribution in [-0.2, 0) is 0 Å². The van der Waals surface area contributed by atoms with Gasteiger partial charge in [-0.1, -0.05) is 12.1 Å². The van der Waals surface area contributed by atoms with Crippen molar-refractivity contribution >= 4 is 17.3 Å². The quantitative estimate of drug-likeness (QED) is 0.905. The molecule has 0 fully saturated rings. The van der Waals surface area contributed by atoms with Crippen LogP contribution in [0.4, 0.5) is 24.5 Å². The number of halogens is 3. The molecular weight excluding hydrogens is 289 g/mol. The van der Waals surface area contributed by atoms with Crippen LogP contribution in [-0.4, -0.2) is 22.4 Å². The molecule has 0 spiro atoms. The second kappa shape index (κ2) is 5.70. The number of anilines is 2. The van der Waals surface area contributed by atoms with Crippen molar-refractivity contribution in [2.24, 2.45) is 0 Å². The van der Waals surface area contributed by atoms with Crippen LogP contribution in [0.15, 0.2) is 42.6 Å². The number of carboxylic acids is 1. The first-order valence-electron chi connectivity index (χ1n) is 5.66. The molecule has 0 aliphatic carbocycles. The van der Waals surface area contributed by atoms with Crippen molar-refractivity contribution < 1.29 is 27.8 Å². The van der Waals surface area contributed by atoms with Gasteiger partial charge in [-0.2, -0.15) is 0 Å². The number of aromatic carboxylic acids is 1. The number of pyridine rings is 1. The third-order valence-corrected chi connectivity index (χ3v) is 2.37. The molecule has 0 radical (unpaired) electrons. The van der Waals surface area contributed by atoms with E-state index >= 15 is 0 Å². The first kappa shape index (κ1) is 14.6. The molecule has 0 amide bonds. The van der Waals surface area contributed by atoms with Crippen molar-refractivity contribution in [1.29, 1.82) is 0 Å².